The summed E-state index contributed by atoms with van der Waals surface area (Å²) in [5.41, 5.74) is 8.67. The summed E-state index contributed by atoms with van der Waals surface area (Å²) in [4.78, 5) is 23.9. The van der Waals surface area contributed by atoms with Gasteiger partial charge in [0.25, 0.3) is 11.7 Å². The summed E-state index contributed by atoms with van der Waals surface area (Å²) in [6, 6.07) is 13.3. The molecule has 2 heterocycles. The zero-order chi connectivity index (χ0) is 18.0. The highest BCUT2D eigenvalue weighted by Crippen LogP contribution is 2.31. The molecular weight excluding hydrogens is 316 g/mol. The zero-order valence-electron chi connectivity index (χ0n) is 14.0. The summed E-state index contributed by atoms with van der Waals surface area (Å²) in [5, 5.41) is 10.3. The Morgan fingerprint density at radius 2 is 1.80 bits per heavy atom. The summed E-state index contributed by atoms with van der Waals surface area (Å²) in [6.45, 7) is 1.93. The van der Waals surface area contributed by atoms with Gasteiger partial charge in [-0.15, -0.1) is 0 Å². The molecule has 25 heavy (non-hydrogen) atoms. The maximum Gasteiger partial charge on any atom is 0.289 e. The maximum absolute atomic E-state index is 12.4. The molecule has 3 rings (SSSR count). The highest BCUT2D eigenvalue weighted by atomic mass is 16.3. The number of aryl methyl sites for hydroxylation is 2. The fourth-order valence-corrected chi connectivity index (χ4v) is 3.33. The van der Waals surface area contributed by atoms with E-state index >= 15 is 0 Å². The molecule has 0 fully saturated rings. The van der Waals surface area contributed by atoms with Gasteiger partial charge in [-0.2, -0.15) is 0 Å². The Bertz CT molecular complexity index is 942. The number of primary amides is 1. The molecule has 0 atom stereocenters. The summed E-state index contributed by atoms with van der Waals surface area (Å²) in [5.74, 6) is -1.81. The Hall–Kier alpha value is -3.08. The molecule has 0 saturated heterocycles. The second-order valence-corrected chi connectivity index (χ2v) is 5.94. The van der Waals surface area contributed by atoms with Gasteiger partial charge >= 0.3 is 0 Å². The van der Waals surface area contributed by atoms with Crippen molar-refractivity contribution in [2.24, 2.45) is 5.73 Å². The minimum atomic E-state index is -1.01. The first-order valence-corrected chi connectivity index (χ1v) is 8.26. The Balaban J connectivity index is 2.16. The summed E-state index contributed by atoms with van der Waals surface area (Å²) >= 11 is 0. The van der Waals surface area contributed by atoms with E-state index in [1.165, 1.54) is 11.6 Å². The lowest BCUT2D eigenvalue weighted by Gasteiger charge is -2.06. The number of benzene rings is 1. The third kappa shape index (κ3) is 3.01. The van der Waals surface area contributed by atoms with Gasteiger partial charge < -0.3 is 15.2 Å². The quantitative estimate of drug-likeness (QED) is 0.536. The number of carbonyl (C=O) groups is 2. The molecule has 128 valence electrons. The third-order valence-electron chi connectivity index (χ3n) is 4.45. The number of carbonyl (C=O) groups excluding carboxylic acids is 2. The molecule has 1 amide bonds. The van der Waals surface area contributed by atoms with E-state index in [0.717, 1.165) is 17.7 Å². The lowest BCUT2D eigenvalue weighted by atomic mass is 9.99. The number of Topliss-reactive ketones (excluding diaryl/α,β-unsaturated/α-hetero) is 1. The number of amides is 1. The van der Waals surface area contributed by atoms with Crippen molar-refractivity contribution in [3.05, 3.63) is 71.0 Å². The van der Waals surface area contributed by atoms with Gasteiger partial charge in [0, 0.05) is 11.9 Å². The average Bonchev–Trinajstić information content (AvgIpc) is 2.94. The van der Waals surface area contributed by atoms with Gasteiger partial charge in [-0.1, -0.05) is 37.3 Å². The van der Waals surface area contributed by atoms with E-state index in [1.54, 1.807) is 16.7 Å². The van der Waals surface area contributed by atoms with Crippen molar-refractivity contribution in [1.29, 1.82) is 0 Å². The minimum Gasteiger partial charge on any atom is -0.506 e. The molecule has 0 radical (unpaired) electrons. The van der Waals surface area contributed by atoms with Crippen molar-refractivity contribution in [2.75, 3.05) is 0 Å². The molecule has 0 bridgehead atoms. The van der Waals surface area contributed by atoms with Crippen molar-refractivity contribution in [1.82, 2.24) is 4.40 Å². The molecule has 0 saturated carbocycles. The fraction of sp³-hybridized carbons (Fsp3) is 0.200. The number of aromatic hydroxyl groups is 1. The van der Waals surface area contributed by atoms with E-state index in [9.17, 15) is 14.7 Å². The topological polar surface area (TPSA) is 84.8 Å². The van der Waals surface area contributed by atoms with Crippen molar-refractivity contribution < 1.29 is 14.7 Å². The lowest BCUT2D eigenvalue weighted by Crippen LogP contribution is -2.24. The van der Waals surface area contributed by atoms with Crippen LogP contribution in [0.5, 0.6) is 5.75 Å². The molecule has 0 spiro atoms. The molecule has 0 aliphatic rings. The number of pyridine rings is 1. The molecule has 2 aromatic heterocycles. The van der Waals surface area contributed by atoms with Crippen LogP contribution in [0.15, 0.2) is 48.7 Å². The number of ketones is 1. The first-order valence-electron chi connectivity index (χ1n) is 8.26. The Morgan fingerprint density at radius 1 is 1.08 bits per heavy atom. The fourth-order valence-electron chi connectivity index (χ4n) is 3.33. The van der Waals surface area contributed by atoms with Gasteiger partial charge in [0.1, 0.15) is 5.75 Å². The average molecular weight is 336 g/mol. The van der Waals surface area contributed by atoms with Crippen LogP contribution in [0.1, 0.15) is 34.1 Å². The highest BCUT2D eigenvalue weighted by Gasteiger charge is 2.26. The third-order valence-corrected chi connectivity index (χ3v) is 4.45. The van der Waals surface area contributed by atoms with Crippen LogP contribution in [0.3, 0.4) is 0 Å². The van der Waals surface area contributed by atoms with Gasteiger partial charge in [-0.05, 0) is 42.5 Å². The van der Waals surface area contributed by atoms with Crippen LogP contribution in [0.25, 0.3) is 5.52 Å². The van der Waals surface area contributed by atoms with Crippen LogP contribution < -0.4 is 5.73 Å². The van der Waals surface area contributed by atoms with Crippen LogP contribution in [0.2, 0.25) is 0 Å². The molecule has 0 aliphatic carbocycles. The van der Waals surface area contributed by atoms with Gasteiger partial charge in [-0.25, -0.2) is 0 Å². The van der Waals surface area contributed by atoms with Gasteiger partial charge in [0.05, 0.1) is 11.1 Å². The number of rotatable bonds is 6. The summed E-state index contributed by atoms with van der Waals surface area (Å²) < 4.78 is 1.80. The zero-order valence-corrected chi connectivity index (χ0v) is 14.0. The molecule has 0 aliphatic heterocycles. The molecule has 5 heteroatoms. The minimum absolute atomic E-state index is 0.0345. The number of fused-ring (bicyclic) bond motifs is 1. The van der Waals surface area contributed by atoms with Gasteiger partial charge in [0.15, 0.2) is 0 Å². The Morgan fingerprint density at radius 3 is 2.44 bits per heavy atom. The van der Waals surface area contributed by atoms with Crippen LogP contribution >= 0.6 is 0 Å². The predicted molar refractivity (Wildman–Crippen MR) is 95.8 cm³/mol. The van der Waals surface area contributed by atoms with Crippen molar-refractivity contribution in [3.8, 4) is 5.75 Å². The first-order chi connectivity index (χ1) is 12.0. The SMILES string of the molecule is CCc1c(C(=O)C(N)=O)c2c(O)cccn2c1CCc1ccccc1. The van der Waals surface area contributed by atoms with E-state index in [2.05, 4.69) is 0 Å². The van der Waals surface area contributed by atoms with Crippen LogP contribution in [-0.4, -0.2) is 21.2 Å². The monoisotopic (exact) mass is 336 g/mol. The normalized spacial score (nSPS) is 10.9. The summed E-state index contributed by atoms with van der Waals surface area (Å²) in [7, 11) is 0. The highest BCUT2D eigenvalue weighted by molar-refractivity contribution is 6.44. The van der Waals surface area contributed by atoms with Crippen LogP contribution in [0, 0.1) is 0 Å². The van der Waals surface area contributed by atoms with Gasteiger partial charge in [-0.3, -0.25) is 9.59 Å². The molecular formula is C20H20N2O3. The van der Waals surface area contributed by atoms with Crippen LogP contribution in [0.4, 0.5) is 0 Å². The summed E-state index contributed by atoms with van der Waals surface area (Å²) in [6.07, 6.45) is 3.84. The molecule has 1 aromatic carbocycles. The second-order valence-electron chi connectivity index (χ2n) is 5.94. The van der Waals surface area contributed by atoms with Crippen molar-refractivity contribution >= 4 is 17.2 Å². The van der Waals surface area contributed by atoms with E-state index in [4.69, 9.17) is 5.73 Å². The van der Waals surface area contributed by atoms with Crippen molar-refractivity contribution in [2.45, 2.75) is 26.2 Å². The lowest BCUT2D eigenvalue weighted by molar-refractivity contribution is -0.114. The predicted octanol–water partition coefficient (Wildman–Crippen LogP) is 2.66. The number of hydrogen-bond acceptors (Lipinski definition) is 3. The Kier molecular flexibility index (Phi) is 4.57. The van der Waals surface area contributed by atoms with E-state index in [0.29, 0.717) is 18.4 Å². The van der Waals surface area contributed by atoms with Gasteiger partial charge in [0.2, 0.25) is 0 Å². The van der Waals surface area contributed by atoms with Crippen molar-refractivity contribution in [3.63, 3.8) is 0 Å². The first kappa shape index (κ1) is 16.8. The number of nitrogens with two attached hydrogens (primary N) is 1. The molecule has 5 nitrogen and oxygen atoms in total. The second kappa shape index (κ2) is 6.81. The standard InChI is InChI=1S/C20H20N2O3/c1-2-14-15(11-10-13-7-4-3-5-8-13)22-12-6-9-16(23)18(22)17(14)19(24)20(21)25/h3-9,12,23H,2,10-11H2,1H3,(H2,21,25). The largest absolute Gasteiger partial charge is 0.506 e. The maximum atomic E-state index is 12.4. The smallest absolute Gasteiger partial charge is 0.289 e. The van der Waals surface area contributed by atoms with E-state index in [-0.39, 0.29) is 11.3 Å². The van der Waals surface area contributed by atoms with Crippen LogP contribution in [-0.2, 0) is 24.1 Å². The number of nitrogens with zero attached hydrogens (tertiary/aromatic N) is 1. The Labute approximate surface area is 145 Å². The van der Waals surface area contributed by atoms with E-state index in [1.807, 2.05) is 37.3 Å². The number of hydrogen-bond donors (Lipinski definition) is 2. The molecule has 0 unspecified atom stereocenters. The molecule has 3 aromatic rings. The molecule has 3 N–H and O–H groups in total. The number of aromatic nitrogens is 1. The van der Waals surface area contributed by atoms with E-state index < -0.39 is 11.7 Å².